The van der Waals surface area contributed by atoms with E-state index in [1.807, 2.05) is 4.72 Å². The van der Waals surface area contributed by atoms with Gasteiger partial charge in [0.25, 0.3) is 15.9 Å². The van der Waals surface area contributed by atoms with Crippen molar-refractivity contribution in [3.63, 3.8) is 0 Å². The van der Waals surface area contributed by atoms with E-state index in [0.717, 1.165) is 0 Å². The van der Waals surface area contributed by atoms with Crippen molar-refractivity contribution >= 4 is 21.9 Å². The van der Waals surface area contributed by atoms with E-state index in [2.05, 4.69) is 0 Å². The Morgan fingerprint density at radius 1 is 1.35 bits per heavy atom. The van der Waals surface area contributed by atoms with E-state index >= 15 is 0 Å². The van der Waals surface area contributed by atoms with Crippen molar-refractivity contribution in [2.45, 2.75) is 18.2 Å². The van der Waals surface area contributed by atoms with Crippen LogP contribution in [0.3, 0.4) is 0 Å². The second kappa shape index (κ2) is 4.96. The van der Waals surface area contributed by atoms with Crippen molar-refractivity contribution in [1.82, 2.24) is 4.72 Å². The number of hydrogen-bond donors (Lipinski definition) is 2. The molecule has 0 bridgehead atoms. The summed E-state index contributed by atoms with van der Waals surface area (Å²) in [5.74, 6) is -1.30. The molecule has 0 atom stereocenters. The van der Waals surface area contributed by atoms with Gasteiger partial charge in [0.05, 0.1) is 5.56 Å². The van der Waals surface area contributed by atoms with Crippen molar-refractivity contribution < 1.29 is 23.1 Å². The summed E-state index contributed by atoms with van der Waals surface area (Å²) in [5.41, 5.74) is 0.220. The molecule has 1 aliphatic rings. The third kappa shape index (κ3) is 3.04. The Labute approximate surface area is 98.3 Å². The number of sulfonamides is 1. The number of hydrogen-bond acceptors (Lipinski definition) is 4. The number of aliphatic carboxylic acids is 1. The van der Waals surface area contributed by atoms with Gasteiger partial charge in [0, 0.05) is 6.42 Å². The first-order valence-electron chi connectivity index (χ1n) is 4.76. The number of fused-ring (bicyclic) bond motifs is 1. The Kier molecular flexibility index (Phi) is 3.84. The molecule has 0 radical (unpaired) electrons. The minimum Gasteiger partial charge on any atom is -0.481 e. The number of carbonyl (C=O) groups is 2. The molecule has 2 N–H and O–H groups in total. The van der Waals surface area contributed by atoms with Crippen LogP contribution in [-0.4, -0.2) is 25.4 Å². The molecular weight excluding hydrogens is 246 g/mol. The lowest BCUT2D eigenvalue weighted by Gasteiger charge is -1.91. The Morgan fingerprint density at radius 2 is 1.88 bits per heavy atom. The third-order valence-electron chi connectivity index (χ3n) is 1.95. The molecule has 1 aromatic carbocycles. The molecule has 17 heavy (non-hydrogen) atoms. The Balaban J connectivity index is 0.000000249. The summed E-state index contributed by atoms with van der Waals surface area (Å²) in [5, 5.41) is 7.72. The van der Waals surface area contributed by atoms with Crippen LogP contribution >= 0.6 is 0 Å². The maximum Gasteiger partial charge on any atom is 0.303 e. The Morgan fingerprint density at radius 3 is 2.35 bits per heavy atom. The van der Waals surface area contributed by atoms with Gasteiger partial charge in [0.15, 0.2) is 0 Å². The largest absolute Gasteiger partial charge is 0.481 e. The number of carboxylic acid groups (broad SMARTS) is 1. The fourth-order valence-electron chi connectivity index (χ4n) is 1.12. The lowest BCUT2D eigenvalue weighted by atomic mass is 10.2. The van der Waals surface area contributed by atoms with E-state index in [9.17, 15) is 18.0 Å². The molecule has 6 nitrogen and oxygen atoms in total. The average Bonchev–Trinajstić information content (AvgIpc) is 2.51. The van der Waals surface area contributed by atoms with Gasteiger partial charge in [-0.05, 0) is 12.1 Å². The fraction of sp³-hybridized carbons (Fsp3) is 0.200. The second-order valence-electron chi connectivity index (χ2n) is 3.18. The predicted octanol–water partition coefficient (Wildman–Crippen LogP) is 0.600. The molecule has 0 spiro atoms. The minimum atomic E-state index is -3.55. The summed E-state index contributed by atoms with van der Waals surface area (Å²) in [6.45, 7) is 1.60. The van der Waals surface area contributed by atoms with Gasteiger partial charge >= 0.3 is 5.97 Å². The SMILES string of the molecule is CCC(=O)O.O=C1NS(=O)(=O)c2ccccc21. The lowest BCUT2D eigenvalue weighted by molar-refractivity contribution is -0.136. The van der Waals surface area contributed by atoms with Gasteiger partial charge in [-0.3, -0.25) is 9.59 Å². The van der Waals surface area contributed by atoms with Gasteiger partial charge in [0.1, 0.15) is 4.90 Å². The molecule has 1 heterocycles. The van der Waals surface area contributed by atoms with E-state index in [0.29, 0.717) is 0 Å². The van der Waals surface area contributed by atoms with Gasteiger partial charge in [-0.25, -0.2) is 13.1 Å². The standard InChI is InChI=1S/C7H5NO3S.C3H6O2/c9-7-5-3-1-2-4-6(5)12(10,11)8-7;1-2-3(4)5/h1-4H,(H,8,9);2H2,1H3,(H,4,5). The zero-order chi connectivity index (χ0) is 13.1. The summed E-state index contributed by atoms with van der Waals surface area (Å²) in [7, 11) is -3.55. The number of rotatable bonds is 1. The molecule has 0 unspecified atom stereocenters. The van der Waals surface area contributed by atoms with Crippen LogP contribution in [0.5, 0.6) is 0 Å². The van der Waals surface area contributed by atoms with Crippen molar-refractivity contribution in [3.05, 3.63) is 29.8 Å². The molecule has 7 heteroatoms. The molecular formula is C10H11NO5S. The Hall–Kier alpha value is -1.89. The van der Waals surface area contributed by atoms with Crippen LogP contribution in [0.2, 0.25) is 0 Å². The lowest BCUT2D eigenvalue weighted by Crippen LogP contribution is -2.20. The zero-order valence-corrected chi connectivity index (χ0v) is 9.82. The van der Waals surface area contributed by atoms with E-state index in [4.69, 9.17) is 5.11 Å². The molecule has 92 valence electrons. The number of benzene rings is 1. The van der Waals surface area contributed by atoms with Crippen LogP contribution in [-0.2, 0) is 14.8 Å². The van der Waals surface area contributed by atoms with Crippen LogP contribution in [0.4, 0.5) is 0 Å². The van der Waals surface area contributed by atoms with Crippen LogP contribution in [0.1, 0.15) is 23.7 Å². The monoisotopic (exact) mass is 257 g/mol. The van der Waals surface area contributed by atoms with Crippen molar-refractivity contribution in [3.8, 4) is 0 Å². The van der Waals surface area contributed by atoms with E-state index in [1.54, 1.807) is 19.1 Å². The van der Waals surface area contributed by atoms with Crippen LogP contribution in [0.15, 0.2) is 29.2 Å². The zero-order valence-electron chi connectivity index (χ0n) is 9.00. The van der Waals surface area contributed by atoms with Crippen LogP contribution in [0.25, 0.3) is 0 Å². The number of amides is 1. The van der Waals surface area contributed by atoms with Crippen molar-refractivity contribution in [1.29, 1.82) is 0 Å². The minimum absolute atomic E-state index is 0.0648. The second-order valence-corrected chi connectivity index (χ2v) is 4.83. The van der Waals surface area contributed by atoms with E-state index < -0.39 is 21.9 Å². The maximum absolute atomic E-state index is 11.1. The van der Waals surface area contributed by atoms with E-state index in [-0.39, 0.29) is 16.9 Å². The van der Waals surface area contributed by atoms with Crippen molar-refractivity contribution in [2.24, 2.45) is 0 Å². The smallest absolute Gasteiger partial charge is 0.303 e. The molecule has 0 aromatic heterocycles. The van der Waals surface area contributed by atoms with Gasteiger partial charge in [-0.15, -0.1) is 0 Å². The molecule has 0 fully saturated rings. The molecule has 0 saturated carbocycles. The number of nitrogens with one attached hydrogen (secondary N) is 1. The molecule has 2 rings (SSSR count). The quantitative estimate of drug-likeness (QED) is 0.767. The first-order chi connectivity index (χ1) is 7.88. The summed E-state index contributed by atoms with van der Waals surface area (Å²) >= 11 is 0. The summed E-state index contributed by atoms with van der Waals surface area (Å²) in [6, 6.07) is 6.09. The predicted molar refractivity (Wildman–Crippen MR) is 59.0 cm³/mol. The highest BCUT2D eigenvalue weighted by Gasteiger charge is 2.31. The Bertz CT molecular complexity index is 550. The van der Waals surface area contributed by atoms with Crippen LogP contribution < -0.4 is 4.72 Å². The number of carbonyl (C=O) groups excluding carboxylic acids is 1. The van der Waals surface area contributed by atoms with Gasteiger partial charge in [-0.2, -0.15) is 0 Å². The van der Waals surface area contributed by atoms with Gasteiger partial charge in [-0.1, -0.05) is 19.1 Å². The van der Waals surface area contributed by atoms with Crippen molar-refractivity contribution in [2.75, 3.05) is 0 Å². The highest BCUT2D eigenvalue weighted by molar-refractivity contribution is 7.90. The molecule has 1 aliphatic heterocycles. The summed E-state index contributed by atoms with van der Waals surface area (Å²) < 4.78 is 24.2. The summed E-state index contributed by atoms with van der Waals surface area (Å²) in [4.78, 5) is 20.4. The molecule has 1 aromatic rings. The third-order valence-corrected chi connectivity index (χ3v) is 3.34. The highest BCUT2D eigenvalue weighted by Crippen LogP contribution is 2.20. The molecule has 0 aliphatic carbocycles. The van der Waals surface area contributed by atoms with Gasteiger partial charge < -0.3 is 5.11 Å². The number of carboxylic acids is 1. The fourth-order valence-corrected chi connectivity index (χ4v) is 2.29. The average molecular weight is 257 g/mol. The molecule has 1 amide bonds. The maximum atomic E-state index is 11.1. The topological polar surface area (TPSA) is 101 Å². The first-order valence-corrected chi connectivity index (χ1v) is 6.24. The van der Waals surface area contributed by atoms with Gasteiger partial charge in [0.2, 0.25) is 0 Å². The highest BCUT2D eigenvalue weighted by atomic mass is 32.2. The van der Waals surface area contributed by atoms with Crippen LogP contribution in [0, 0.1) is 0 Å². The molecule has 0 saturated heterocycles. The van der Waals surface area contributed by atoms with E-state index in [1.165, 1.54) is 12.1 Å². The first kappa shape index (κ1) is 13.2. The summed E-state index contributed by atoms with van der Waals surface area (Å²) in [6.07, 6.45) is 0.222. The normalized spacial score (nSPS) is 15.2.